The zero-order valence-electron chi connectivity index (χ0n) is 21.0. The molecule has 1 amide bonds. The van der Waals surface area contributed by atoms with Gasteiger partial charge in [-0.25, -0.2) is 4.98 Å². The summed E-state index contributed by atoms with van der Waals surface area (Å²) in [7, 11) is 0. The summed E-state index contributed by atoms with van der Waals surface area (Å²) in [4.78, 5) is 24.2. The summed E-state index contributed by atoms with van der Waals surface area (Å²) < 4.78 is 5.56. The molecule has 1 aromatic carbocycles. The highest BCUT2D eigenvalue weighted by atomic mass is 16.5. The smallest absolute Gasteiger partial charge is 0.229 e. The van der Waals surface area contributed by atoms with Crippen LogP contribution in [0.3, 0.4) is 0 Å². The predicted molar refractivity (Wildman–Crippen MR) is 139 cm³/mol. The maximum atomic E-state index is 12.8. The van der Waals surface area contributed by atoms with Gasteiger partial charge in [-0.1, -0.05) is 12.1 Å². The van der Waals surface area contributed by atoms with Crippen molar-refractivity contribution in [2.75, 3.05) is 31.6 Å². The number of aryl methyl sites for hydroxylation is 1. The van der Waals surface area contributed by atoms with Gasteiger partial charge in [-0.05, 0) is 92.9 Å². The lowest BCUT2D eigenvalue weighted by Gasteiger charge is -2.44. The van der Waals surface area contributed by atoms with E-state index in [2.05, 4.69) is 46.2 Å². The fourth-order valence-electron chi connectivity index (χ4n) is 6.12. The minimum atomic E-state index is -0.424. The minimum Gasteiger partial charge on any atom is -0.389 e. The average molecular weight is 487 g/mol. The Morgan fingerprint density at radius 1 is 1.17 bits per heavy atom. The first-order chi connectivity index (χ1) is 17.4. The van der Waals surface area contributed by atoms with E-state index in [-0.39, 0.29) is 23.3 Å². The van der Waals surface area contributed by atoms with Gasteiger partial charge in [0.05, 0.1) is 24.9 Å². The van der Waals surface area contributed by atoms with Crippen molar-refractivity contribution in [1.82, 2.24) is 14.9 Å². The van der Waals surface area contributed by atoms with Gasteiger partial charge in [0.15, 0.2) is 0 Å². The van der Waals surface area contributed by atoms with Gasteiger partial charge >= 0.3 is 0 Å². The van der Waals surface area contributed by atoms with E-state index in [1.807, 2.05) is 30.5 Å². The quantitative estimate of drug-likeness (QED) is 0.567. The molecule has 1 saturated carbocycles. The van der Waals surface area contributed by atoms with Gasteiger partial charge in [0.2, 0.25) is 5.91 Å². The first-order valence-electron chi connectivity index (χ1n) is 13.1. The molecule has 3 aromatic rings. The Bertz CT molecular complexity index is 1270. The fraction of sp³-hybridized carbons (Fsp3) is 0.483. The number of likely N-dealkylation sites (tertiary alicyclic amines) is 1. The number of piperidine rings is 1. The van der Waals surface area contributed by atoms with Crippen LogP contribution in [-0.4, -0.2) is 63.8 Å². The van der Waals surface area contributed by atoms with E-state index in [1.165, 1.54) is 11.1 Å². The number of amides is 1. The molecular formula is C29H34N4O3. The molecule has 0 bridgehead atoms. The fourth-order valence-corrected chi connectivity index (χ4v) is 6.12. The number of hydrogen-bond donors (Lipinski definition) is 2. The number of aromatic nitrogens is 2. The highest BCUT2D eigenvalue weighted by Gasteiger charge is 2.46. The molecule has 3 aliphatic rings. The zero-order valence-corrected chi connectivity index (χ0v) is 21.0. The molecule has 4 heterocycles. The Labute approximate surface area is 211 Å². The average Bonchev–Trinajstić information content (AvgIpc) is 3.63. The molecule has 0 spiro atoms. The highest BCUT2D eigenvalue weighted by Crippen LogP contribution is 2.47. The van der Waals surface area contributed by atoms with Crippen LogP contribution in [0.25, 0.3) is 10.8 Å². The largest absolute Gasteiger partial charge is 0.389 e. The third kappa shape index (κ3) is 4.29. The molecule has 6 rings (SSSR count). The molecule has 7 nitrogen and oxygen atoms in total. The standard InChI is InChI=1S/C29H34N4O3/c1-18-11-21-15-31-27(32-28(35)24-14-23(24)25-5-3-4-8-30-25)13-20(21)12-22(18)19-6-9-33(10-7-19)29(2)17-36-16-26(29)34/h3-5,8,11-13,15,19,23-24,26,34H,6-7,9-10,14,16-17H2,1-2H3,(H,31,32,35)/t23-,24-,26-,29+/m1/s1. The van der Waals surface area contributed by atoms with Gasteiger partial charge in [-0.15, -0.1) is 0 Å². The molecule has 2 aliphatic heterocycles. The van der Waals surface area contributed by atoms with Crippen LogP contribution in [0, 0.1) is 12.8 Å². The maximum absolute atomic E-state index is 12.8. The maximum Gasteiger partial charge on any atom is 0.229 e. The number of benzene rings is 1. The van der Waals surface area contributed by atoms with Crippen LogP contribution in [0.1, 0.15) is 54.8 Å². The summed E-state index contributed by atoms with van der Waals surface area (Å²) in [5.74, 6) is 1.26. The highest BCUT2D eigenvalue weighted by molar-refractivity contribution is 5.96. The first kappa shape index (κ1) is 23.5. The lowest BCUT2D eigenvalue weighted by Crippen LogP contribution is -2.56. The number of aliphatic hydroxyl groups is 1. The molecule has 2 aromatic heterocycles. The first-order valence-corrected chi connectivity index (χ1v) is 13.1. The molecule has 2 N–H and O–H groups in total. The number of fused-ring (bicyclic) bond motifs is 1. The van der Waals surface area contributed by atoms with Crippen molar-refractivity contribution < 1.29 is 14.6 Å². The number of aliphatic hydroxyl groups excluding tert-OH is 1. The Balaban J connectivity index is 1.15. The van der Waals surface area contributed by atoms with Crippen LogP contribution in [0.2, 0.25) is 0 Å². The van der Waals surface area contributed by atoms with E-state index in [4.69, 9.17) is 4.74 Å². The number of pyridine rings is 2. The summed E-state index contributed by atoms with van der Waals surface area (Å²) in [6, 6.07) is 12.3. The van der Waals surface area contributed by atoms with Crippen LogP contribution in [0.15, 0.2) is 48.8 Å². The zero-order chi connectivity index (χ0) is 24.9. The second kappa shape index (κ2) is 9.21. The third-order valence-electron chi connectivity index (χ3n) is 8.60. The van der Waals surface area contributed by atoms with Crippen molar-refractivity contribution in [3.63, 3.8) is 0 Å². The van der Waals surface area contributed by atoms with Crippen molar-refractivity contribution in [2.24, 2.45) is 5.92 Å². The monoisotopic (exact) mass is 486 g/mol. The summed E-state index contributed by atoms with van der Waals surface area (Å²) in [6.07, 6.45) is 6.16. The molecule has 2 saturated heterocycles. The molecule has 188 valence electrons. The second-order valence-electron chi connectivity index (χ2n) is 11.0. The topological polar surface area (TPSA) is 87.6 Å². The molecule has 4 atom stereocenters. The molecule has 0 radical (unpaired) electrons. The van der Waals surface area contributed by atoms with Gasteiger partial charge in [0.1, 0.15) is 5.82 Å². The molecule has 7 heteroatoms. The van der Waals surface area contributed by atoms with Crippen molar-refractivity contribution in [3.05, 3.63) is 65.6 Å². The number of carbonyl (C=O) groups excluding carboxylic acids is 1. The number of nitrogens with one attached hydrogen (secondary N) is 1. The van der Waals surface area contributed by atoms with Gasteiger partial charge in [-0.3, -0.25) is 14.7 Å². The molecular weight excluding hydrogens is 452 g/mol. The minimum absolute atomic E-state index is 0.0174. The van der Waals surface area contributed by atoms with Crippen LogP contribution >= 0.6 is 0 Å². The van der Waals surface area contributed by atoms with Gasteiger partial charge < -0.3 is 15.2 Å². The van der Waals surface area contributed by atoms with Crippen LogP contribution in [0.4, 0.5) is 5.82 Å². The number of ether oxygens (including phenoxy) is 1. The van der Waals surface area contributed by atoms with E-state index in [1.54, 1.807) is 6.20 Å². The Kier molecular flexibility index (Phi) is 6.02. The van der Waals surface area contributed by atoms with Crippen molar-refractivity contribution in [1.29, 1.82) is 0 Å². The summed E-state index contributed by atoms with van der Waals surface area (Å²) in [5, 5.41) is 15.7. The Morgan fingerprint density at radius 3 is 2.72 bits per heavy atom. The van der Waals surface area contributed by atoms with E-state index in [0.29, 0.717) is 24.9 Å². The summed E-state index contributed by atoms with van der Waals surface area (Å²) in [5.41, 5.74) is 3.36. The normalized spacial score (nSPS) is 28.9. The summed E-state index contributed by atoms with van der Waals surface area (Å²) in [6.45, 7) is 7.23. The van der Waals surface area contributed by atoms with Crippen LogP contribution in [0.5, 0.6) is 0 Å². The number of nitrogens with zero attached hydrogens (tertiary/aromatic N) is 3. The predicted octanol–water partition coefficient (Wildman–Crippen LogP) is 4.01. The lowest BCUT2D eigenvalue weighted by molar-refractivity contribution is -0.117. The third-order valence-corrected chi connectivity index (χ3v) is 8.60. The van der Waals surface area contributed by atoms with Crippen LogP contribution in [-0.2, 0) is 9.53 Å². The van der Waals surface area contributed by atoms with Gasteiger partial charge in [-0.2, -0.15) is 0 Å². The number of carbonyl (C=O) groups is 1. The summed E-state index contributed by atoms with van der Waals surface area (Å²) >= 11 is 0. The van der Waals surface area contributed by atoms with Gasteiger partial charge in [0, 0.05) is 35.3 Å². The van der Waals surface area contributed by atoms with Crippen molar-refractivity contribution in [3.8, 4) is 0 Å². The van der Waals surface area contributed by atoms with E-state index in [9.17, 15) is 9.90 Å². The van der Waals surface area contributed by atoms with E-state index in [0.717, 1.165) is 48.8 Å². The SMILES string of the molecule is Cc1cc2cnc(NC(=O)[C@@H]3C[C@H]3c3ccccn3)cc2cc1C1CCN([C@@]2(C)COC[C@H]2O)CC1. The van der Waals surface area contributed by atoms with Crippen molar-refractivity contribution in [2.45, 2.75) is 56.6 Å². The molecule has 36 heavy (non-hydrogen) atoms. The van der Waals surface area contributed by atoms with E-state index >= 15 is 0 Å². The molecule has 0 unspecified atom stereocenters. The Hall–Kier alpha value is -2.87. The number of anilines is 1. The second-order valence-corrected chi connectivity index (χ2v) is 11.0. The van der Waals surface area contributed by atoms with E-state index < -0.39 is 6.10 Å². The molecule has 1 aliphatic carbocycles. The molecule has 3 fully saturated rings. The number of rotatable bonds is 5. The van der Waals surface area contributed by atoms with Crippen molar-refractivity contribution >= 4 is 22.5 Å². The van der Waals surface area contributed by atoms with Crippen LogP contribution < -0.4 is 5.32 Å². The number of hydrogen-bond acceptors (Lipinski definition) is 6. The lowest BCUT2D eigenvalue weighted by atomic mass is 9.83. The van der Waals surface area contributed by atoms with Gasteiger partial charge in [0.25, 0.3) is 0 Å². The Morgan fingerprint density at radius 2 is 2.00 bits per heavy atom.